The second-order valence-corrected chi connectivity index (χ2v) is 4.86. The maximum atomic E-state index is 11.8. The molecule has 1 aliphatic carbocycles. The minimum Gasteiger partial charge on any atom is -0.396 e. The minimum absolute atomic E-state index is 0.0768. The SMILES string of the molecule is O=C(CCOCC(F)(F)F)NCC1CCCC1CO. The van der Waals surface area contributed by atoms with Gasteiger partial charge in [0.25, 0.3) is 0 Å². The van der Waals surface area contributed by atoms with Gasteiger partial charge in [-0.05, 0) is 24.7 Å². The molecule has 2 atom stereocenters. The van der Waals surface area contributed by atoms with E-state index in [1.807, 2.05) is 0 Å². The van der Waals surface area contributed by atoms with E-state index in [-0.39, 0.29) is 37.4 Å². The van der Waals surface area contributed by atoms with E-state index in [9.17, 15) is 18.0 Å². The van der Waals surface area contributed by atoms with Gasteiger partial charge in [-0.15, -0.1) is 0 Å². The van der Waals surface area contributed by atoms with Crippen molar-refractivity contribution in [1.29, 1.82) is 0 Å². The van der Waals surface area contributed by atoms with Gasteiger partial charge in [0.15, 0.2) is 0 Å². The molecule has 7 heteroatoms. The zero-order valence-corrected chi connectivity index (χ0v) is 10.7. The van der Waals surface area contributed by atoms with Crippen LogP contribution < -0.4 is 5.32 Å². The van der Waals surface area contributed by atoms with Crippen molar-refractivity contribution in [3.8, 4) is 0 Å². The molecule has 0 aromatic carbocycles. The quantitative estimate of drug-likeness (QED) is 0.696. The smallest absolute Gasteiger partial charge is 0.396 e. The Kier molecular flexibility index (Phi) is 6.57. The lowest BCUT2D eigenvalue weighted by molar-refractivity contribution is -0.174. The number of nitrogens with one attached hydrogen (secondary N) is 1. The second kappa shape index (κ2) is 7.69. The van der Waals surface area contributed by atoms with Crippen molar-refractivity contribution in [2.75, 3.05) is 26.4 Å². The second-order valence-electron chi connectivity index (χ2n) is 4.86. The number of ether oxygens (including phenoxy) is 1. The van der Waals surface area contributed by atoms with Crippen LogP contribution in [0.5, 0.6) is 0 Å². The molecule has 2 unspecified atom stereocenters. The molecule has 0 aromatic rings. The largest absolute Gasteiger partial charge is 0.411 e. The maximum Gasteiger partial charge on any atom is 0.411 e. The third-order valence-corrected chi connectivity index (χ3v) is 3.35. The Bertz CT molecular complexity index is 284. The van der Waals surface area contributed by atoms with Gasteiger partial charge in [-0.3, -0.25) is 4.79 Å². The van der Waals surface area contributed by atoms with E-state index in [1.165, 1.54) is 0 Å². The predicted molar refractivity (Wildman–Crippen MR) is 62.4 cm³/mol. The Labute approximate surface area is 110 Å². The van der Waals surface area contributed by atoms with E-state index >= 15 is 0 Å². The number of aliphatic hydroxyl groups is 1. The molecule has 0 heterocycles. The lowest BCUT2D eigenvalue weighted by Gasteiger charge is -2.17. The number of halogens is 3. The highest BCUT2D eigenvalue weighted by atomic mass is 19.4. The number of aliphatic hydroxyl groups excluding tert-OH is 1. The predicted octanol–water partition coefficient (Wildman–Crippen LogP) is 1.48. The molecule has 1 saturated carbocycles. The average molecular weight is 283 g/mol. The fraction of sp³-hybridized carbons (Fsp3) is 0.917. The topological polar surface area (TPSA) is 58.6 Å². The monoisotopic (exact) mass is 283 g/mol. The van der Waals surface area contributed by atoms with Crippen LogP contribution in [0.3, 0.4) is 0 Å². The summed E-state index contributed by atoms with van der Waals surface area (Å²) in [7, 11) is 0. The highest BCUT2D eigenvalue weighted by molar-refractivity contribution is 5.75. The third-order valence-electron chi connectivity index (χ3n) is 3.35. The molecule has 112 valence electrons. The van der Waals surface area contributed by atoms with Crippen molar-refractivity contribution in [3.63, 3.8) is 0 Å². The molecule has 2 N–H and O–H groups in total. The molecular weight excluding hydrogens is 263 g/mol. The molecule has 0 aromatic heterocycles. The van der Waals surface area contributed by atoms with E-state index in [2.05, 4.69) is 10.1 Å². The van der Waals surface area contributed by atoms with Gasteiger partial charge in [0.05, 0.1) is 6.61 Å². The molecular formula is C12H20F3NO3. The number of hydrogen-bond donors (Lipinski definition) is 2. The highest BCUT2D eigenvalue weighted by Gasteiger charge is 2.28. The first kappa shape index (κ1) is 16.2. The van der Waals surface area contributed by atoms with Crippen LogP contribution in [0.15, 0.2) is 0 Å². The molecule has 0 radical (unpaired) electrons. The van der Waals surface area contributed by atoms with Crippen LogP contribution in [0.2, 0.25) is 0 Å². The summed E-state index contributed by atoms with van der Waals surface area (Å²) >= 11 is 0. The van der Waals surface area contributed by atoms with Crippen molar-refractivity contribution in [2.45, 2.75) is 31.9 Å². The summed E-state index contributed by atoms with van der Waals surface area (Å²) in [6, 6.07) is 0. The van der Waals surface area contributed by atoms with Gasteiger partial charge in [0.2, 0.25) is 5.91 Å². The van der Waals surface area contributed by atoms with Crippen LogP contribution in [0, 0.1) is 11.8 Å². The summed E-state index contributed by atoms with van der Waals surface area (Å²) in [5.41, 5.74) is 0. The number of alkyl halides is 3. The first-order chi connectivity index (χ1) is 8.92. The fourth-order valence-corrected chi connectivity index (χ4v) is 2.31. The summed E-state index contributed by atoms with van der Waals surface area (Å²) in [6.45, 7) is -0.965. The van der Waals surface area contributed by atoms with Crippen LogP contribution in [0.1, 0.15) is 25.7 Å². The number of carbonyl (C=O) groups is 1. The lowest BCUT2D eigenvalue weighted by atomic mass is 9.97. The van der Waals surface area contributed by atoms with Crippen LogP contribution in [-0.4, -0.2) is 43.6 Å². The molecule has 0 aliphatic heterocycles. The lowest BCUT2D eigenvalue weighted by Crippen LogP contribution is -2.32. The zero-order chi connectivity index (χ0) is 14.3. The first-order valence-corrected chi connectivity index (χ1v) is 6.44. The molecule has 0 saturated heterocycles. The van der Waals surface area contributed by atoms with E-state index < -0.39 is 12.8 Å². The van der Waals surface area contributed by atoms with Gasteiger partial charge in [-0.25, -0.2) is 0 Å². The summed E-state index contributed by atoms with van der Waals surface area (Å²) in [6.07, 6.45) is -1.45. The molecule has 1 rings (SSSR count). The Morgan fingerprint density at radius 1 is 1.32 bits per heavy atom. The van der Waals surface area contributed by atoms with Gasteiger partial charge >= 0.3 is 6.18 Å². The molecule has 1 fully saturated rings. The number of carbonyl (C=O) groups excluding carboxylic acids is 1. The summed E-state index contributed by atoms with van der Waals surface area (Å²) < 4.78 is 39.7. The minimum atomic E-state index is -4.35. The van der Waals surface area contributed by atoms with Gasteiger partial charge < -0.3 is 15.2 Å². The van der Waals surface area contributed by atoms with Crippen molar-refractivity contribution >= 4 is 5.91 Å². The van der Waals surface area contributed by atoms with E-state index in [0.29, 0.717) is 6.54 Å². The van der Waals surface area contributed by atoms with Crippen molar-refractivity contribution in [2.24, 2.45) is 11.8 Å². The molecule has 4 nitrogen and oxygen atoms in total. The maximum absolute atomic E-state index is 11.8. The van der Waals surface area contributed by atoms with Crippen LogP contribution in [0.4, 0.5) is 13.2 Å². The van der Waals surface area contributed by atoms with Gasteiger partial charge in [0, 0.05) is 19.6 Å². The summed E-state index contributed by atoms with van der Waals surface area (Å²) in [5, 5.41) is 11.8. The Hall–Kier alpha value is -0.820. The van der Waals surface area contributed by atoms with Gasteiger partial charge in [-0.1, -0.05) is 6.42 Å². The Morgan fingerprint density at radius 3 is 2.63 bits per heavy atom. The molecule has 0 bridgehead atoms. The molecule has 0 spiro atoms. The first-order valence-electron chi connectivity index (χ1n) is 6.44. The highest BCUT2D eigenvalue weighted by Crippen LogP contribution is 2.30. The van der Waals surface area contributed by atoms with Crippen molar-refractivity contribution in [3.05, 3.63) is 0 Å². The molecule has 19 heavy (non-hydrogen) atoms. The normalized spacial score (nSPS) is 23.6. The standard InChI is InChI=1S/C12H20F3NO3/c13-12(14,15)8-19-5-4-11(18)16-6-9-2-1-3-10(9)7-17/h9-10,17H,1-8H2,(H,16,18). The van der Waals surface area contributed by atoms with Gasteiger partial charge in [-0.2, -0.15) is 13.2 Å². The van der Waals surface area contributed by atoms with Crippen LogP contribution in [-0.2, 0) is 9.53 Å². The molecule has 1 amide bonds. The van der Waals surface area contributed by atoms with Crippen molar-refractivity contribution in [1.82, 2.24) is 5.32 Å². The van der Waals surface area contributed by atoms with E-state index in [0.717, 1.165) is 19.3 Å². The zero-order valence-electron chi connectivity index (χ0n) is 10.7. The fourth-order valence-electron chi connectivity index (χ4n) is 2.31. The summed E-state index contributed by atoms with van der Waals surface area (Å²) in [5.74, 6) is 0.178. The van der Waals surface area contributed by atoms with E-state index in [1.54, 1.807) is 0 Å². The average Bonchev–Trinajstić information content (AvgIpc) is 2.78. The number of amides is 1. The number of rotatable bonds is 7. The third kappa shape index (κ3) is 6.77. The van der Waals surface area contributed by atoms with Gasteiger partial charge in [0.1, 0.15) is 6.61 Å². The van der Waals surface area contributed by atoms with Crippen LogP contribution >= 0.6 is 0 Å². The Balaban J connectivity index is 2.08. The van der Waals surface area contributed by atoms with E-state index in [4.69, 9.17) is 5.11 Å². The van der Waals surface area contributed by atoms with Crippen molar-refractivity contribution < 1.29 is 27.8 Å². The Morgan fingerprint density at radius 2 is 2.00 bits per heavy atom. The number of hydrogen-bond acceptors (Lipinski definition) is 3. The summed E-state index contributed by atoms with van der Waals surface area (Å²) in [4.78, 5) is 11.4. The molecule has 1 aliphatic rings. The van der Waals surface area contributed by atoms with Crippen LogP contribution in [0.25, 0.3) is 0 Å².